The molecule has 0 radical (unpaired) electrons. The van der Waals surface area contributed by atoms with Crippen molar-refractivity contribution in [3.8, 4) is 0 Å². The molecule has 37 heavy (non-hydrogen) atoms. The van der Waals surface area contributed by atoms with Gasteiger partial charge in [0.15, 0.2) is 0 Å². The fraction of sp³-hybridized carbons (Fsp3) is 0.429. The van der Waals surface area contributed by atoms with Gasteiger partial charge in [-0.3, -0.25) is 9.78 Å². The molecule has 0 saturated carbocycles. The van der Waals surface area contributed by atoms with Gasteiger partial charge in [-0.25, -0.2) is 19.6 Å². The number of nitrogens with zero attached hydrogens (tertiary/aromatic N) is 5. The molecule has 4 heterocycles. The Labute approximate surface area is 205 Å². The summed E-state index contributed by atoms with van der Waals surface area (Å²) in [6.45, 7) is 1.54. The molecule has 2 N–H and O–H groups in total. The van der Waals surface area contributed by atoms with E-state index in [-0.39, 0.29) is 11.9 Å². The fourth-order valence-electron chi connectivity index (χ4n) is 3.73. The van der Waals surface area contributed by atoms with Crippen LogP contribution < -0.4 is 4.90 Å². The molecule has 2 aliphatic rings. The van der Waals surface area contributed by atoms with Crippen LogP contribution in [0.3, 0.4) is 0 Å². The van der Waals surface area contributed by atoms with Crippen molar-refractivity contribution in [1.29, 1.82) is 0 Å². The van der Waals surface area contributed by atoms with E-state index in [1.54, 1.807) is 18.6 Å². The minimum atomic E-state index is -5.08. The number of hydrogen-bond donors (Lipinski definition) is 2. The number of piperidine rings is 1. The van der Waals surface area contributed by atoms with Crippen molar-refractivity contribution in [2.45, 2.75) is 50.2 Å². The van der Waals surface area contributed by atoms with E-state index in [0.29, 0.717) is 19.0 Å². The first-order chi connectivity index (χ1) is 17.2. The van der Waals surface area contributed by atoms with Crippen LogP contribution in [0.15, 0.2) is 43.0 Å². The fourth-order valence-corrected chi connectivity index (χ4v) is 3.73. The second-order valence-electron chi connectivity index (χ2n) is 7.69. The van der Waals surface area contributed by atoms with Crippen LogP contribution in [0.25, 0.3) is 0 Å². The highest BCUT2D eigenvalue weighted by molar-refractivity contribution is 5.78. The predicted molar refractivity (Wildman–Crippen MR) is 113 cm³/mol. The van der Waals surface area contributed by atoms with Gasteiger partial charge in [-0.15, -0.1) is 0 Å². The highest BCUT2D eigenvalue weighted by Gasteiger charge is 2.44. The molecule has 4 rings (SSSR count). The summed E-state index contributed by atoms with van der Waals surface area (Å²) < 4.78 is 63.5. The van der Waals surface area contributed by atoms with Gasteiger partial charge in [0.1, 0.15) is 0 Å². The third-order valence-corrected chi connectivity index (χ3v) is 5.25. The Morgan fingerprint density at radius 2 is 1.49 bits per heavy atom. The zero-order valence-corrected chi connectivity index (χ0v) is 18.9. The molecule has 0 aromatic carbocycles. The number of alkyl halides is 6. The van der Waals surface area contributed by atoms with Crippen LogP contribution in [-0.4, -0.2) is 78.9 Å². The molecule has 0 spiro atoms. The zero-order valence-electron chi connectivity index (χ0n) is 18.9. The van der Waals surface area contributed by atoms with E-state index in [1.807, 2.05) is 29.3 Å². The number of carboxylic acids is 2. The largest absolute Gasteiger partial charge is 0.490 e. The molecular formula is C21H21F6N5O5. The lowest BCUT2D eigenvalue weighted by atomic mass is 9.96. The molecule has 0 bridgehead atoms. The second kappa shape index (κ2) is 12.3. The van der Waals surface area contributed by atoms with Crippen LogP contribution in [-0.2, 0) is 20.9 Å². The first-order valence-corrected chi connectivity index (χ1v) is 10.5. The number of anilines is 1. The van der Waals surface area contributed by atoms with E-state index in [1.165, 1.54) is 0 Å². The van der Waals surface area contributed by atoms with Gasteiger partial charge >= 0.3 is 24.3 Å². The number of aliphatic carboxylic acids is 2. The van der Waals surface area contributed by atoms with Crippen molar-refractivity contribution in [2.24, 2.45) is 0 Å². The van der Waals surface area contributed by atoms with E-state index < -0.39 is 24.3 Å². The topological polar surface area (TPSA) is 137 Å². The number of carbonyl (C=O) groups is 3. The van der Waals surface area contributed by atoms with Gasteiger partial charge in [-0.05, 0) is 30.5 Å². The zero-order chi connectivity index (χ0) is 27.8. The summed E-state index contributed by atoms with van der Waals surface area (Å²) in [5.41, 5.74) is 1.08. The van der Waals surface area contributed by atoms with E-state index in [2.05, 4.69) is 19.9 Å². The summed E-state index contributed by atoms with van der Waals surface area (Å²) in [4.78, 5) is 47.4. The molecule has 202 valence electrons. The second-order valence-corrected chi connectivity index (χ2v) is 7.69. The third-order valence-electron chi connectivity index (χ3n) is 5.25. The van der Waals surface area contributed by atoms with Crippen LogP contribution >= 0.6 is 0 Å². The summed E-state index contributed by atoms with van der Waals surface area (Å²) in [5.74, 6) is -4.50. The summed E-state index contributed by atoms with van der Waals surface area (Å²) >= 11 is 0. The summed E-state index contributed by atoms with van der Waals surface area (Å²) in [7, 11) is 0. The number of fused-ring (bicyclic) bond motifs is 1. The minimum absolute atomic E-state index is 0.236. The van der Waals surface area contributed by atoms with Crippen molar-refractivity contribution < 1.29 is 50.9 Å². The maximum Gasteiger partial charge on any atom is 0.490 e. The van der Waals surface area contributed by atoms with Crippen LogP contribution in [0.1, 0.15) is 24.8 Å². The van der Waals surface area contributed by atoms with Gasteiger partial charge in [-0.1, -0.05) is 6.07 Å². The summed E-state index contributed by atoms with van der Waals surface area (Å²) in [6.07, 6.45) is -0.586. The Bertz CT molecular complexity index is 1030. The third kappa shape index (κ3) is 8.57. The first-order valence-electron chi connectivity index (χ1n) is 10.5. The molecule has 2 aromatic rings. The molecule has 0 aliphatic carbocycles. The lowest BCUT2D eigenvalue weighted by Gasteiger charge is -2.39. The van der Waals surface area contributed by atoms with Crippen molar-refractivity contribution in [3.63, 3.8) is 0 Å². The van der Waals surface area contributed by atoms with E-state index in [0.717, 1.165) is 30.9 Å². The number of halogens is 6. The molecule has 1 amide bonds. The van der Waals surface area contributed by atoms with Crippen LogP contribution in [0.4, 0.5) is 32.3 Å². The standard InChI is InChI=1S/C17H19N5O.2C2HF3O2/c23-16-5-4-14-15(22(16)12-13-3-1-7-18-11-13)6-10-21(14)17-19-8-2-9-20-17;2*3-2(4,5)1(6)7/h1-3,7-9,11,14-15H,4-6,10,12H2;2*(H,6,7)/t14-,15-;;/m0../s1. The summed E-state index contributed by atoms with van der Waals surface area (Å²) in [5, 5.41) is 14.2. The molecule has 2 aromatic heterocycles. The normalized spacial score (nSPS) is 19.1. The Hall–Kier alpha value is -3.98. The molecule has 10 nitrogen and oxygen atoms in total. The van der Waals surface area contributed by atoms with Crippen molar-refractivity contribution in [1.82, 2.24) is 19.9 Å². The predicted octanol–water partition coefficient (Wildman–Crippen LogP) is 2.91. The van der Waals surface area contributed by atoms with Crippen molar-refractivity contribution >= 4 is 23.8 Å². The average Bonchev–Trinajstić information content (AvgIpc) is 3.26. The van der Waals surface area contributed by atoms with Crippen LogP contribution in [0, 0.1) is 0 Å². The Morgan fingerprint density at radius 1 is 0.919 bits per heavy atom. The van der Waals surface area contributed by atoms with Gasteiger partial charge in [0.05, 0.1) is 12.1 Å². The summed E-state index contributed by atoms with van der Waals surface area (Å²) in [6, 6.07) is 6.32. The monoisotopic (exact) mass is 537 g/mol. The maximum atomic E-state index is 12.4. The average molecular weight is 537 g/mol. The molecule has 2 atom stereocenters. The first kappa shape index (κ1) is 29.3. The number of carbonyl (C=O) groups excluding carboxylic acids is 1. The quantitative estimate of drug-likeness (QED) is 0.567. The Balaban J connectivity index is 0.000000286. The lowest BCUT2D eigenvalue weighted by Crippen LogP contribution is -2.52. The number of carboxylic acid groups (broad SMARTS) is 2. The van der Waals surface area contributed by atoms with Gasteiger partial charge in [0.2, 0.25) is 11.9 Å². The van der Waals surface area contributed by atoms with Crippen molar-refractivity contribution in [3.05, 3.63) is 48.5 Å². The molecule has 2 saturated heterocycles. The molecule has 16 heteroatoms. The van der Waals surface area contributed by atoms with E-state index in [9.17, 15) is 31.1 Å². The maximum absolute atomic E-state index is 12.4. The van der Waals surface area contributed by atoms with Gasteiger partial charge in [-0.2, -0.15) is 26.3 Å². The number of pyridine rings is 1. The van der Waals surface area contributed by atoms with Gasteiger partial charge in [0.25, 0.3) is 0 Å². The Morgan fingerprint density at radius 3 is 1.97 bits per heavy atom. The molecule has 2 fully saturated rings. The number of aromatic nitrogens is 3. The van der Waals surface area contributed by atoms with Crippen LogP contribution in [0.2, 0.25) is 0 Å². The van der Waals surface area contributed by atoms with Gasteiger partial charge in [0, 0.05) is 44.3 Å². The van der Waals surface area contributed by atoms with E-state index >= 15 is 0 Å². The highest BCUT2D eigenvalue weighted by atomic mass is 19.4. The lowest BCUT2D eigenvalue weighted by molar-refractivity contribution is -0.193. The molecular weight excluding hydrogens is 516 g/mol. The molecule has 0 unspecified atom stereocenters. The number of hydrogen-bond acceptors (Lipinski definition) is 7. The number of likely N-dealkylation sites (tertiary alicyclic amines) is 1. The molecule has 2 aliphatic heterocycles. The minimum Gasteiger partial charge on any atom is -0.475 e. The van der Waals surface area contributed by atoms with E-state index in [4.69, 9.17) is 19.8 Å². The highest BCUT2D eigenvalue weighted by Crippen LogP contribution is 2.34. The van der Waals surface area contributed by atoms with Crippen LogP contribution in [0.5, 0.6) is 0 Å². The van der Waals surface area contributed by atoms with Gasteiger partial charge < -0.3 is 20.0 Å². The van der Waals surface area contributed by atoms with Crippen molar-refractivity contribution in [2.75, 3.05) is 11.4 Å². The number of rotatable bonds is 3. The Kier molecular flexibility index (Phi) is 9.74. The number of amides is 1. The smallest absolute Gasteiger partial charge is 0.475 e. The SMILES string of the molecule is O=C(O)C(F)(F)F.O=C(O)C(F)(F)F.O=C1CC[C@H]2[C@H](CCN2c2ncccn2)N1Cc1cccnc1.